The molecular weight excluding hydrogens is 242 g/mol. The molecule has 0 unspecified atom stereocenters. The van der Waals surface area contributed by atoms with E-state index in [-0.39, 0.29) is 0 Å². The van der Waals surface area contributed by atoms with E-state index >= 15 is 0 Å². The van der Waals surface area contributed by atoms with Crippen LogP contribution in [0.5, 0.6) is 0 Å². The summed E-state index contributed by atoms with van der Waals surface area (Å²) < 4.78 is 0. The van der Waals surface area contributed by atoms with Crippen LogP contribution in [0.25, 0.3) is 4.85 Å². The molecule has 116 valence electrons. The molecule has 0 aliphatic heterocycles. The minimum atomic E-state index is 0.723. The van der Waals surface area contributed by atoms with Gasteiger partial charge in [0, 0.05) is 6.42 Å². The van der Waals surface area contributed by atoms with Crippen LogP contribution in [0.2, 0.25) is 0 Å². The maximum absolute atomic E-state index is 6.70. The van der Waals surface area contributed by atoms with Gasteiger partial charge >= 0.3 is 0 Å². The van der Waals surface area contributed by atoms with Gasteiger partial charge in [-0.25, -0.2) is 6.57 Å². The zero-order chi connectivity index (χ0) is 14.7. The highest BCUT2D eigenvalue weighted by atomic mass is 14.6. The highest BCUT2D eigenvalue weighted by molar-refractivity contribution is 4.81. The van der Waals surface area contributed by atoms with Gasteiger partial charge in [0.15, 0.2) is 0 Å². The normalized spacial score (nSPS) is 11.0. The number of hydrogen-bond acceptors (Lipinski definition) is 0. The fraction of sp³-hybridized carbons (Fsp3) is 0.842. The van der Waals surface area contributed by atoms with Crippen LogP contribution < -0.4 is 0 Å². The van der Waals surface area contributed by atoms with E-state index in [0.717, 1.165) is 13.0 Å². The fourth-order valence-electron chi connectivity index (χ4n) is 2.44. The average Bonchev–Trinajstić information content (AvgIpc) is 2.47. The second kappa shape index (κ2) is 18.2. The van der Waals surface area contributed by atoms with Gasteiger partial charge in [0.2, 0.25) is 6.54 Å². The summed E-state index contributed by atoms with van der Waals surface area (Å²) in [6.45, 7) is 9.70. The van der Waals surface area contributed by atoms with Gasteiger partial charge in [-0.05, 0) is 32.1 Å². The van der Waals surface area contributed by atoms with Crippen LogP contribution in [0.15, 0.2) is 12.2 Å². The van der Waals surface area contributed by atoms with Gasteiger partial charge in [0.25, 0.3) is 0 Å². The number of hydrogen-bond donors (Lipinski definition) is 0. The van der Waals surface area contributed by atoms with E-state index in [1.165, 1.54) is 83.5 Å². The first-order valence-electron chi connectivity index (χ1n) is 8.90. The van der Waals surface area contributed by atoms with Crippen molar-refractivity contribution in [1.29, 1.82) is 0 Å². The summed E-state index contributed by atoms with van der Waals surface area (Å²) in [4.78, 5) is 3.38. The van der Waals surface area contributed by atoms with Crippen LogP contribution in [-0.4, -0.2) is 6.54 Å². The van der Waals surface area contributed by atoms with Crippen molar-refractivity contribution in [2.75, 3.05) is 6.54 Å². The van der Waals surface area contributed by atoms with Gasteiger partial charge in [-0.15, -0.1) is 0 Å². The van der Waals surface area contributed by atoms with Crippen molar-refractivity contribution in [1.82, 2.24) is 0 Å². The molecule has 0 rings (SSSR count). The summed E-state index contributed by atoms with van der Waals surface area (Å²) in [6, 6.07) is 0. The molecule has 0 heterocycles. The molecule has 0 aromatic heterocycles. The van der Waals surface area contributed by atoms with Crippen molar-refractivity contribution in [2.45, 2.75) is 96.8 Å². The lowest BCUT2D eigenvalue weighted by atomic mass is 10.1. The molecule has 0 fully saturated rings. The molecule has 1 heteroatoms. The minimum Gasteiger partial charge on any atom is -0.317 e. The van der Waals surface area contributed by atoms with E-state index in [4.69, 9.17) is 6.57 Å². The molecule has 0 amide bonds. The zero-order valence-corrected chi connectivity index (χ0v) is 13.7. The summed E-state index contributed by atoms with van der Waals surface area (Å²) >= 11 is 0. The Morgan fingerprint density at radius 1 is 0.650 bits per heavy atom. The first-order chi connectivity index (χ1) is 9.91. The Bertz CT molecular complexity index is 237. The zero-order valence-electron chi connectivity index (χ0n) is 13.7. The lowest BCUT2D eigenvalue weighted by Gasteiger charge is -1.99. The Morgan fingerprint density at radius 2 is 1.10 bits per heavy atom. The maximum Gasteiger partial charge on any atom is 0.214 e. The Labute approximate surface area is 127 Å². The smallest absolute Gasteiger partial charge is 0.214 e. The summed E-state index contributed by atoms with van der Waals surface area (Å²) in [5.74, 6) is 0. The Hall–Kier alpha value is -0.770. The topological polar surface area (TPSA) is 4.36 Å². The summed E-state index contributed by atoms with van der Waals surface area (Å²) in [7, 11) is 0. The highest BCUT2D eigenvalue weighted by Crippen LogP contribution is 2.09. The van der Waals surface area contributed by atoms with E-state index in [1.54, 1.807) is 0 Å². The van der Waals surface area contributed by atoms with Crippen molar-refractivity contribution < 1.29 is 0 Å². The van der Waals surface area contributed by atoms with E-state index in [9.17, 15) is 0 Å². The van der Waals surface area contributed by atoms with E-state index < -0.39 is 0 Å². The molecule has 0 aromatic carbocycles. The van der Waals surface area contributed by atoms with E-state index in [0.29, 0.717) is 0 Å². The lowest BCUT2D eigenvalue weighted by molar-refractivity contribution is 0.605. The SMILES string of the molecule is [C-]#[N+]CCCCCCCC/C=C\CCCCCCCC. The third kappa shape index (κ3) is 17.2. The van der Waals surface area contributed by atoms with Gasteiger partial charge in [-0.2, -0.15) is 0 Å². The molecule has 0 bridgehead atoms. The molecule has 0 spiro atoms. The Kier molecular flexibility index (Phi) is 17.5. The number of unbranched alkanes of at least 4 members (excludes halogenated alkanes) is 12. The fourth-order valence-corrected chi connectivity index (χ4v) is 2.44. The molecule has 0 saturated carbocycles. The van der Waals surface area contributed by atoms with Crippen LogP contribution >= 0.6 is 0 Å². The van der Waals surface area contributed by atoms with E-state index in [1.807, 2.05) is 0 Å². The van der Waals surface area contributed by atoms with Gasteiger partial charge in [-0.1, -0.05) is 70.4 Å². The molecule has 20 heavy (non-hydrogen) atoms. The first-order valence-corrected chi connectivity index (χ1v) is 8.90. The minimum absolute atomic E-state index is 0.723. The van der Waals surface area contributed by atoms with Gasteiger partial charge < -0.3 is 4.85 Å². The highest BCUT2D eigenvalue weighted by Gasteiger charge is 1.92. The maximum atomic E-state index is 6.70. The van der Waals surface area contributed by atoms with Crippen molar-refractivity contribution >= 4 is 0 Å². The van der Waals surface area contributed by atoms with Gasteiger partial charge in [-0.3, -0.25) is 0 Å². The molecule has 0 radical (unpaired) electrons. The largest absolute Gasteiger partial charge is 0.317 e. The molecule has 0 aliphatic rings. The van der Waals surface area contributed by atoms with Crippen LogP contribution in [-0.2, 0) is 0 Å². The first kappa shape index (κ1) is 19.2. The number of rotatable bonds is 15. The molecule has 0 atom stereocenters. The third-order valence-electron chi connectivity index (χ3n) is 3.78. The quantitative estimate of drug-likeness (QED) is 0.173. The van der Waals surface area contributed by atoms with Crippen molar-refractivity contribution in [3.05, 3.63) is 23.6 Å². The van der Waals surface area contributed by atoms with Crippen molar-refractivity contribution in [3.63, 3.8) is 0 Å². The summed E-state index contributed by atoms with van der Waals surface area (Å²) in [6.07, 6.45) is 23.4. The molecule has 0 N–H and O–H groups in total. The molecule has 0 aromatic rings. The van der Waals surface area contributed by atoms with Crippen LogP contribution in [0.3, 0.4) is 0 Å². The van der Waals surface area contributed by atoms with Crippen LogP contribution in [0.4, 0.5) is 0 Å². The Morgan fingerprint density at radius 3 is 1.60 bits per heavy atom. The molecule has 0 aliphatic carbocycles. The predicted octanol–water partition coefficient (Wildman–Crippen LogP) is 6.94. The monoisotopic (exact) mass is 277 g/mol. The van der Waals surface area contributed by atoms with Gasteiger partial charge in [0.1, 0.15) is 0 Å². The standard InChI is InChI=1S/C19H35N/c1-3-4-5-6-7-8-9-10-11-12-13-14-15-16-17-18-19-20-2/h10-11H,3-9,12-19H2,1H3/b11-10-. The molecular formula is C19H35N. The predicted molar refractivity (Wildman–Crippen MR) is 90.9 cm³/mol. The molecule has 0 saturated heterocycles. The summed E-state index contributed by atoms with van der Waals surface area (Å²) in [5.41, 5.74) is 0. The second-order valence-corrected chi connectivity index (χ2v) is 5.82. The van der Waals surface area contributed by atoms with E-state index in [2.05, 4.69) is 23.9 Å². The molecule has 1 nitrogen and oxygen atoms in total. The van der Waals surface area contributed by atoms with Crippen LogP contribution in [0, 0.1) is 6.57 Å². The average molecular weight is 277 g/mol. The van der Waals surface area contributed by atoms with Crippen molar-refractivity contribution in [2.24, 2.45) is 0 Å². The van der Waals surface area contributed by atoms with Gasteiger partial charge in [0.05, 0.1) is 0 Å². The third-order valence-corrected chi connectivity index (χ3v) is 3.78. The summed E-state index contributed by atoms with van der Waals surface area (Å²) in [5, 5.41) is 0. The lowest BCUT2D eigenvalue weighted by Crippen LogP contribution is -1.81. The van der Waals surface area contributed by atoms with Crippen molar-refractivity contribution in [3.8, 4) is 0 Å². The Balaban J connectivity index is 3.03. The van der Waals surface area contributed by atoms with Crippen LogP contribution in [0.1, 0.15) is 96.8 Å². The second-order valence-electron chi connectivity index (χ2n) is 5.82. The number of nitrogens with zero attached hydrogens (tertiary/aromatic N) is 1. The number of allylic oxidation sites excluding steroid dienone is 2.